The third-order valence-corrected chi connectivity index (χ3v) is 15.3. The van der Waals surface area contributed by atoms with Crippen LogP contribution in [0.15, 0.2) is 48.6 Å². The van der Waals surface area contributed by atoms with Crippen molar-refractivity contribution in [2.24, 2.45) is 17.8 Å². The van der Waals surface area contributed by atoms with Crippen molar-refractivity contribution in [2.45, 2.75) is 68.6 Å². The Hall–Kier alpha value is -2.67. The Labute approximate surface area is 321 Å². The summed E-state index contributed by atoms with van der Waals surface area (Å²) in [5.74, 6) is 0.466. The molecule has 2 aromatic rings. The number of nitrogens with one attached hydrogen (secondary N) is 1. The molecule has 7 rings (SSSR count). The van der Waals surface area contributed by atoms with Crippen molar-refractivity contribution in [3.05, 3.63) is 70.3 Å². The highest BCUT2D eigenvalue weighted by Gasteiger charge is 2.50. The van der Waals surface area contributed by atoms with Crippen LogP contribution < -0.4 is 14.4 Å². The highest BCUT2D eigenvalue weighted by molar-refractivity contribution is 7.90. The van der Waals surface area contributed by atoms with E-state index in [2.05, 4.69) is 43.7 Å². The van der Waals surface area contributed by atoms with E-state index in [1.807, 2.05) is 32.2 Å². The number of benzene rings is 2. The van der Waals surface area contributed by atoms with Crippen molar-refractivity contribution in [3.8, 4) is 5.75 Å². The van der Waals surface area contributed by atoms with Crippen LogP contribution in [0.2, 0.25) is 5.02 Å². The third-order valence-electron chi connectivity index (χ3n) is 13.2. The molecule has 3 aliphatic heterocycles. The molecule has 2 fully saturated rings. The summed E-state index contributed by atoms with van der Waals surface area (Å²) in [6.07, 6.45) is 10.1. The Bertz CT molecular complexity index is 1780. The molecule has 2 aliphatic carbocycles. The second-order valence-electron chi connectivity index (χ2n) is 16.3. The van der Waals surface area contributed by atoms with Crippen LogP contribution in [0.4, 0.5) is 5.69 Å². The Kier molecular flexibility index (Phi) is 11.5. The number of ether oxygens (including phenoxy) is 3. The minimum atomic E-state index is -3.96. The number of nitrogens with zero attached hydrogens (tertiary/aromatic N) is 3. The van der Waals surface area contributed by atoms with Crippen LogP contribution in [0, 0.1) is 17.8 Å². The van der Waals surface area contributed by atoms with Gasteiger partial charge < -0.3 is 19.1 Å². The summed E-state index contributed by atoms with van der Waals surface area (Å²) in [4.78, 5) is 21.1. The number of rotatable bonds is 6. The van der Waals surface area contributed by atoms with E-state index in [-0.39, 0.29) is 17.3 Å². The highest BCUT2D eigenvalue weighted by atomic mass is 35.5. The largest absolute Gasteiger partial charge is 0.490 e. The Morgan fingerprint density at radius 1 is 1.04 bits per heavy atom. The first-order valence-corrected chi connectivity index (χ1v) is 21.4. The van der Waals surface area contributed by atoms with Crippen LogP contribution in [-0.2, 0) is 31.3 Å². The van der Waals surface area contributed by atoms with Gasteiger partial charge in [-0.1, -0.05) is 36.7 Å². The van der Waals surface area contributed by atoms with Gasteiger partial charge in [0.25, 0.3) is 5.91 Å². The van der Waals surface area contributed by atoms with Gasteiger partial charge in [-0.15, -0.1) is 0 Å². The van der Waals surface area contributed by atoms with E-state index in [4.69, 9.17) is 25.8 Å². The lowest BCUT2D eigenvalue weighted by molar-refractivity contribution is -0.0957. The molecule has 0 radical (unpaired) electrons. The molecular formula is C41H57ClN4O6S. The fourth-order valence-corrected chi connectivity index (χ4v) is 11.0. The molecule has 10 nitrogen and oxygen atoms in total. The van der Waals surface area contributed by atoms with Crippen LogP contribution in [0.25, 0.3) is 0 Å². The maximum atomic E-state index is 13.6. The SMILES string of the molecule is COCCN1CCN(C[C@@]2(OC)/C=C\C[C@H](C)[C@@H](C)S(=O)(=O)NC(=O)c3ccc4c(c3)N(C[C@@H]3CC[C@H]32)C[C@@]2(CCCc3cc(Cl)ccc32)CO4)CC1. The zero-order chi connectivity index (χ0) is 37.4. The third kappa shape index (κ3) is 7.89. The molecule has 3 heterocycles. The number of hydrogen-bond donors (Lipinski definition) is 1. The van der Waals surface area contributed by atoms with Gasteiger partial charge >= 0.3 is 0 Å². The fourth-order valence-electron chi connectivity index (χ4n) is 9.55. The van der Waals surface area contributed by atoms with Gasteiger partial charge in [0.1, 0.15) is 11.4 Å². The van der Waals surface area contributed by atoms with Gasteiger partial charge in [-0.3, -0.25) is 14.6 Å². The van der Waals surface area contributed by atoms with E-state index < -0.39 is 26.8 Å². The fraction of sp³-hybridized carbons (Fsp3) is 0.634. The molecule has 2 bridgehead atoms. The molecule has 1 saturated heterocycles. The minimum absolute atomic E-state index is 0.221. The quantitative estimate of drug-likeness (QED) is 0.381. The summed E-state index contributed by atoms with van der Waals surface area (Å²) in [6, 6.07) is 11.6. The number of methoxy groups -OCH3 is 2. The number of fused-ring (bicyclic) bond motifs is 4. The first-order valence-electron chi connectivity index (χ1n) is 19.5. The van der Waals surface area contributed by atoms with E-state index in [0.29, 0.717) is 30.3 Å². The smallest absolute Gasteiger partial charge is 0.264 e. The van der Waals surface area contributed by atoms with Gasteiger partial charge in [-0.05, 0) is 105 Å². The van der Waals surface area contributed by atoms with Crippen molar-refractivity contribution in [3.63, 3.8) is 0 Å². The molecule has 53 heavy (non-hydrogen) atoms. The lowest BCUT2D eigenvalue weighted by Gasteiger charge is -2.52. The molecule has 2 aromatic carbocycles. The average molecular weight is 769 g/mol. The molecule has 1 spiro atoms. The lowest BCUT2D eigenvalue weighted by atomic mass is 9.63. The molecule has 0 aromatic heterocycles. The number of aryl methyl sites for hydroxylation is 1. The molecule has 290 valence electrons. The molecule has 5 aliphatic rings. The van der Waals surface area contributed by atoms with Crippen molar-refractivity contribution in [2.75, 3.05) is 84.7 Å². The van der Waals surface area contributed by atoms with E-state index >= 15 is 0 Å². The van der Waals surface area contributed by atoms with Gasteiger partial charge in [0.05, 0.1) is 24.2 Å². The minimum Gasteiger partial charge on any atom is -0.490 e. The predicted octanol–water partition coefficient (Wildman–Crippen LogP) is 5.53. The van der Waals surface area contributed by atoms with Gasteiger partial charge in [0.15, 0.2) is 0 Å². The Morgan fingerprint density at radius 3 is 2.57 bits per heavy atom. The zero-order valence-electron chi connectivity index (χ0n) is 31.8. The number of halogens is 1. The number of carbonyl (C=O) groups excluding carboxylic acids is 1. The monoisotopic (exact) mass is 768 g/mol. The molecule has 6 atom stereocenters. The topological polar surface area (TPSA) is 101 Å². The summed E-state index contributed by atoms with van der Waals surface area (Å²) in [5, 5.41) is -0.0337. The number of amides is 1. The number of piperazine rings is 1. The van der Waals surface area contributed by atoms with Gasteiger partial charge in [0, 0.05) is 82.6 Å². The number of allylic oxidation sites excluding steroid dienone is 1. The zero-order valence-corrected chi connectivity index (χ0v) is 33.4. The Balaban J connectivity index is 1.27. The summed E-state index contributed by atoms with van der Waals surface area (Å²) < 4.78 is 48.3. The first kappa shape index (κ1) is 38.6. The van der Waals surface area contributed by atoms with Crippen LogP contribution in [0.1, 0.15) is 67.4 Å². The molecular weight excluding hydrogens is 712 g/mol. The van der Waals surface area contributed by atoms with Crippen LogP contribution in [0.5, 0.6) is 5.75 Å². The van der Waals surface area contributed by atoms with Gasteiger partial charge in [0.2, 0.25) is 10.0 Å². The second-order valence-corrected chi connectivity index (χ2v) is 18.8. The van der Waals surface area contributed by atoms with Crippen molar-refractivity contribution < 1.29 is 27.4 Å². The summed E-state index contributed by atoms with van der Waals surface area (Å²) in [6.45, 7) is 12.0. The lowest BCUT2D eigenvalue weighted by Crippen LogP contribution is -2.59. The summed E-state index contributed by atoms with van der Waals surface area (Å²) in [5.41, 5.74) is 2.88. The highest BCUT2D eigenvalue weighted by Crippen LogP contribution is 2.49. The Morgan fingerprint density at radius 2 is 1.83 bits per heavy atom. The maximum absolute atomic E-state index is 13.6. The van der Waals surface area contributed by atoms with Gasteiger partial charge in [-0.25, -0.2) is 13.1 Å². The number of anilines is 1. The molecule has 1 amide bonds. The summed E-state index contributed by atoms with van der Waals surface area (Å²) >= 11 is 6.50. The maximum Gasteiger partial charge on any atom is 0.264 e. The van der Waals surface area contributed by atoms with E-state index in [0.717, 1.165) is 102 Å². The number of hydrogen-bond acceptors (Lipinski definition) is 9. The second kappa shape index (κ2) is 15.8. The summed E-state index contributed by atoms with van der Waals surface area (Å²) in [7, 11) is -0.356. The van der Waals surface area contributed by atoms with Crippen molar-refractivity contribution >= 4 is 33.2 Å². The predicted molar refractivity (Wildman–Crippen MR) is 210 cm³/mol. The van der Waals surface area contributed by atoms with Gasteiger partial charge in [-0.2, -0.15) is 0 Å². The first-order chi connectivity index (χ1) is 25.5. The van der Waals surface area contributed by atoms with Crippen molar-refractivity contribution in [1.29, 1.82) is 0 Å². The normalized spacial score (nSPS) is 32.8. The molecule has 0 unspecified atom stereocenters. The van der Waals surface area contributed by atoms with E-state index in [1.54, 1.807) is 20.1 Å². The number of carbonyl (C=O) groups is 1. The van der Waals surface area contributed by atoms with Crippen molar-refractivity contribution in [1.82, 2.24) is 14.5 Å². The van der Waals surface area contributed by atoms with E-state index in [9.17, 15) is 13.2 Å². The van der Waals surface area contributed by atoms with E-state index in [1.165, 1.54) is 11.1 Å². The number of sulfonamides is 1. The van der Waals surface area contributed by atoms with Crippen LogP contribution in [-0.4, -0.2) is 115 Å². The van der Waals surface area contributed by atoms with Crippen LogP contribution >= 0.6 is 11.6 Å². The van der Waals surface area contributed by atoms with Crippen LogP contribution in [0.3, 0.4) is 0 Å². The molecule has 1 saturated carbocycles. The molecule has 12 heteroatoms. The average Bonchev–Trinajstić information content (AvgIpc) is 3.28. The molecule has 1 N–H and O–H groups in total. The standard InChI is InChI=1S/C41H57ClN4O6S/c1-29-7-5-16-41(51-4,27-45-19-17-44(18-20-45)21-22-50-3)36-12-9-33(36)25-46-26-40(15-6-8-31-23-34(42)11-13-35(31)40)28-52-38-14-10-32(24-37(38)46)39(47)43-53(48,49)30(29)2/h5,10-11,13-14,16,23-24,29-30,33,36H,6-9,12,15,17-22,25-28H2,1-4H3,(H,43,47)/b16-5-/t29-,30+,33-,36+,40-,41-/m0/s1.